The van der Waals surface area contributed by atoms with E-state index in [4.69, 9.17) is 14.7 Å². The van der Waals surface area contributed by atoms with Crippen LogP contribution in [0.1, 0.15) is 83.5 Å². The van der Waals surface area contributed by atoms with Crippen LogP contribution in [0.4, 0.5) is 28.1 Å². The van der Waals surface area contributed by atoms with E-state index < -0.39 is 17.2 Å². The van der Waals surface area contributed by atoms with Crippen molar-refractivity contribution in [3.63, 3.8) is 0 Å². The molecule has 4 heterocycles. The van der Waals surface area contributed by atoms with E-state index >= 15 is 0 Å². The van der Waals surface area contributed by atoms with Crippen LogP contribution >= 0.6 is 0 Å². The van der Waals surface area contributed by atoms with Crippen molar-refractivity contribution in [3.8, 4) is 0 Å². The molecule has 43 heavy (non-hydrogen) atoms. The van der Waals surface area contributed by atoms with Crippen LogP contribution in [0.3, 0.4) is 0 Å². The van der Waals surface area contributed by atoms with E-state index in [0.29, 0.717) is 35.0 Å². The summed E-state index contributed by atoms with van der Waals surface area (Å²) in [4.78, 5) is 40.0. The van der Waals surface area contributed by atoms with E-state index in [0.717, 1.165) is 51.1 Å². The van der Waals surface area contributed by atoms with Crippen LogP contribution in [0.25, 0.3) is 0 Å². The quantitative estimate of drug-likeness (QED) is 0.341. The SMILES string of the molecule is CC(C)(CO)Nc1ccc(C(=O)Nc2cccc(N3CCCC(NC(=O)OC(C)(C)C)C3)n2)c(N2CCC3(CC2)CC3)n1. The lowest BCUT2D eigenvalue weighted by molar-refractivity contribution is 0.0499. The zero-order valence-corrected chi connectivity index (χ0v) is 26.2. The van der Waals surface area contributed by atoms with Crippen molar-refractivity contribution in [1.82, 2.24) is 15.3 Å². The number of hydrogen-bond donors (Lipinski definition) is 4. The highest BCUT2D eigenvalue weighted by Crippen LogP contribution is 2.54. The minimum Gasteiger partial charge on any atom is -0.444 e. The van der Waals surface area contributed by atoms with Gasteiger partial charge in [0.05, 0.1) is 17.7 Å². The lowest BCUT2D eigenvalue weighted by atomic mass is 9.93. The second-order valence-corrected chi connectivity index (χ2v) is 14.0. The normalized spacial score (nSPS) is 20.0. The highest BCUT2D eigenvalue weighted by atomic mass is 16.6. The average Bonchev–Trinajstić information content (AvgIpc) is 3.71. The molecule has 1 unspecified atom stereocenters. The third-order valence-electron chi connectivity index (χ3n) is 8.50. The van der Waals surface area contributed by atoms with Crippen LogP contribution in [0.2, 0.25) is 0 Å². The zero-order chi connectivity index (χ0) is 30.8. The number of aromatic nitrogens is 2. The Bertz CT molecular complexity index is 1310. The first-order valence-corrected chi connectivity index (χ1v) is 15.5. The number of nitrogens with one attached hydrogen (secondary N) is 3. The number of aliphatic hydroxyl groups excluding tert-OH is 1. The van der Waals surface area contributed by atoms with Gasteiger partial charge in [0.15, 0.2) is 0 Å². The molecule has 1 spiro atoms. The summed E-state index contributed by atoms with van der Waals surface area (Å²) in [7, 11) is 0. The van der Waals surface area contributed by atoms with Gasteiger partial charge in [-0.25, -0.2) is 14.8 Å². The predicted octanol–water partition coefficient (Wildman–Crippen LogP) is 4.79. The number of rotatable bonds is 8. The summed E-state index contributed by atoms with van der Waals surface area (Å²) < 4.78 is 5.43. The van der Waals surface area contributed by atoms with Crippen molar-refractivity contribution in [2.24, 2.45) is 5.41 Å². The van der Waals surface area contributed by atoms with Crippen molar-refractivity contribution in [3.05, 3.63) is 35.9 Å². The van der Waals surface area contributed by atoms with Crippen LogP contribution in [0.15, 0.2) is 30.3 Å². The van der Waals surface area contributed by atoms with E-state index in [-0.39, 0.29) is 18.6 Å². The molecule has 1 atom stereocenters. The zero-order valence-electron chi connectivity index (χ0n) is 26.2. The molecule has 2 amide bonds. The maximum Gasteiger partial charge on any atom is 0.407 e. The van der Waals surface area contributed by atoms with Crippen LogP contribution in [0.5, 0.6) is 0 Å². The molecule has 4 N–H and O–H groups in total. The van der Waals surface area contributed by atoms with Gasteiger partial charge in [0.25, 0.3) is 5.91 Å². The van der Waals surface area contributed by atoms with Crippen LogP contribution in [-0.2, 0) is 4.74 Å². The molecule has 2 aliphatic heterocycles. The number of carbonyl (C=O) groups is 2. The molecule has 1 aliphatic carbocycles. The first-order valence-electron chi connectivity index (χ1n) is 15.5. The maximum atomic E-state index is 13.7. The summed E-state index contributed by atoms with van der Waals surface area (Å²) in [5.41, 5.74) is -0.115. The van der Waals surface area contributed by atoms with E-state index in [1.807, 2.05) is 46.8 Å². The fourth-order valence-electron chi connectivity index (χ4n) is 5.82. The van der Waals surface area contributed by atoms with E-state index in [1.165, 1.54) is 12.8 Å². The number of aliphatic hydroxyl groups is 1. The summed E-state index contributed by atoms with van der Waals surface area (Å²) in [6.07, 6.45) is 6.16. The van der Waals surface area contributed by atoms with Crippen molar-refractivity contribution in [2.45, 2.75) is 90.3 Å². The van der Waals surface area contributed by atoms with Gasteiger partial charge < -0.3 is 35.6 Å². The Morgan fingerprint density at radius 3 is 2.40 bits per heavy atom. The molecule has 0 radical (unpaired) electrons. The summed E-state index contributed by atoms with van der Waals surface area (Å²) in [6.45, 7) is 12.4. The van der Waals surface area contributed by atoms with Crippen molar-refractivity contribution >= 4 is 35.3 Å². The van der Waals surface area contributed by atoms with Gasteiger partial charge in [0.2, 0.25) is 0 Å². The van der Waals surface area contributed by atoms with E-state index in [9.17, 15) is 14.7 Å². The molecular weight excluding hydrogens is 546 g/mol. The molecule has 0 bridgehead atoms. The van der Waals surface area contributed by atoms with Gasteiger partial charge in [-0.2, -0.15) is 0 Å². The number of carbonyl (C=O) groups excluding carboxylic acids is 2. The van der Waals surface area contributed by atoms with Gasteiger partial charge in [-0.3, -0.25) is 4.79 Å². The molecule has 234 valence electrons. The molecule has 5 rings (SSSR count). The topological polar surface area (TPSA) is 132 Å². The van der Waals surface area contributed by atoms with E-state index in [2.05, 4.69) is 25.8 Å². The Labute approximate surface area is 254 Å². The molecule has 0 aromatic carbocycles. The summed E-state index contributed by atoms with van der Waals surface area (Å²) in [5.74, 6) is 2.19. The molecule has 1 saturated carbocycles. The highest BCUT2D eigenvalue weighted by molar-refractivity contribution is 6.07. The van der Waals surface area contributed by atoms with Gasteiger partial charge in [-0.15, -0.1) is 0 Å². The number of nitrogens with zero attached hydrogens (tertiary/aromatic N) is 4. The maximum absolute atomic E-state index is 13.7. The van der Waals surface area contributed by atoms with Crippen molar-refractivity contribution in [1.29, 1.82) is 0 Å². The first-order chi connectivity index (χ1) is 20.3. The number of piperidine rings is 2. The number of ether oxygens (including phenoxy) is 1. The summed E-state index contributed by atoms with van der Waals surface area (Å²) in [5, 5.41) is 19.0. The fourth-order valence-corrected chi connectivity index (χ4v) is 5.82. The Hall–Kier alpha value is -3.60. The smallest absolute Gasteiger partial charge is 0.407 e. The van der Waals surface area contributed by atoms with Gasteiger partial charge >= 0.3 is 6.09 Å². The molecule has 3 aliphatic rings. The minimum absolute atomic E-state index is 0.0463. The monoisotopic (exact) mass is 593 g/mol. The lowest BCUT2D eigenvalue weighted by Gasteiger charge is -2.34. The minimum atomic E-state index is -0.553. The highest BCUT2D eigenvalue weighted by Gasteiger charge is 2.45. The predicted molar refractivity (Wildman–Crippen MR) is 169 cm³/mol. The second-order valence-electron chi connectivity index (χ2n) is 14.0. The van der Waals surface area contributed by atoms with Gasteiger partial charge in [0, 0.05) is 32.2 Å². The molecule has 3 fully saturated rings. The number of anilines is 4. The number of alkyl carbamates (subject to hydrolysis) is 1. The number of hydrogen-bond acceptors (Lipinski definition) is 9. The van der Waals surface area contributed by atoms with Crippen LogP contribution < -0.4 is 25.8 Å². The third-order valence-corrected chi connectivity index (χ3v) is 8.50. The molecule has 11 nitrogen and oxygen atoms in total. The number of amides is 2. The van der Waals surface area contributed by atoms with Gasteiger partial charge in [-0.05, 0) is 103 Å². The standard InChI is InChI=1S/C32H47N7O4/c1-30(2,3)43-29(42)33-22-8-7-17-39(20-22)26-10-6-9-24(34-26)36-28(41)23-11-12-25(37-31(4,5)21-40)35-27(23)38-18-15-32(13-14-32)16-19-38/h6,9-12,22,40H,7-8,13-21H2,1-5H3,(H,33,42)(H,35,37)(H,34,36,41). The van der Waals surface area contributed by atoms with Crippen LogP contribution in [0, 0.1) is 5.41 Å². The van der Waals surface area contributed by atoms with Crippen LogP contribution in [-0.4, -0.2) is 77.0 Å². The largest absolute Gasteiger partial charge is 0.444 e. The Morgan fingerprint density at radius 2 is 1.72 bits per heavy atom. The average molecular weight is 594 g/mol. The third kappa shape index (κ3) is 8.07. The molecule has 2 saturated heterocycles. The summed E-state index contributed by atoms with van der Waals surface area (Å²) >= 11 is 0. The fraction of sp³-hybridized carbons (Fsp3) is 0.625. The Morgan fingerprint density at radius 1 is 0.977 bits per heavy atom. The van der Waals surface area contributed by atoms with E-state index in [1.54, 1.807) is 18.2 Å². The molecule has 11 heteroatoms. The van der Waals surface area contributed by atoms with Crippen molar-refractivity contribution < 1.29 is 19.4 Å². The van der Waals surface area contributed by atoms with Gasteiger partial charge in [0.1, 0.15) is 28.9 Å². The Kier molecular flexibility index (Phi) is 8.74. The number of pyridine rings is 2. The lowest BCUT2D eigenvalue weighted by Crippen LogP contribution is -2.49. The first kappa shape index (κ1) is 30.8. The summed E-state index contributed by atoms with van der Waals surface area (Å²) in [6, 6.07) is 9.12. The van der Waals surface area contributed by atoms with Crippen molar-refractivity contribution in [2.75, 3.05) is 53.2 Å². The molecule has 2 aromatic heterocycles. The second kappa shape index (κ2) is 12.2. The Balaban J connectivity index is 1.29. The van der Waals surface area contributed by atoms with Gasteiger partial charge in [-0.1, -0.05) is 6.07 Å². The molecular formula is C32H47N7O4. The molecule has 2 aromatic rings.